The Morgan fingerprint density at radius 3 is 1.82 bits per heavy atom. The van der Waals surface area contributed by atoms with Crippen LogP contribution in [0.2, 0.25) is 0 Å². The monoisotopic (exact) mass is 530 g/mol. The molecule has 0 bridgehead atoms. The Hall–Kier alpha value is -4.60. The van der Waals surface area contributed by atoms with E-state index in [-0.39, 0.29) is 5.41 Å². The van der Waals surface area contributed by atoms with Gasteiger partial charge in [0.2, 0.25) is 0 Å². The Balaban J connectivity index is 1.40. The number of aromatic nitrogens is 2. The average Bonchev–Trinajstić information content (AvgIpc) is 3.50. The van der Waals surface area contributed by atoms with Gasteiger partial charge in [-0.3, -0.25) is 0 Å². The SMILES string of the molecule is CC1(C)c2ccccc2-c2c1ccc1c2sc2c(-c3nc(-c4ccccc4)cc(-c4ccccc4)n3)cccc21. The topological polar surface area (TPSA) is 25.8 Å². The first-order valence-electron chi connectivity index (χ1n) is 13.7. The van der Waals surface area contributed by atoms with Crippen molar-refractivity contribution in [2.45, 2.75) is 19.3 Å². The normalized spacial score (nSPS) is 13.4. The molecule has 2 aromatic heterocycles. The fourth-order valence-electron chi connectivity index (χ4n) is 6.30. The summed E-state index contributed by atoms with van der Waals surface area (Å²) in [4.78, 5) is 10.3. The summed E-state index contributed by atoms with van der Waals surface area (Å²) in [6.45, 7) is 4.69. The van der Waals surface area contributed by atoms with E-state index >= 15 is 0 Å². The lowest BCUT2D eigenvalue weighted by atomic mass is 9.82. The zero-order valence-electron chi connectivity index (χ0n) is 22.3. The third-order valence-electron chi connectivity index (χ3n) is 8.32. The number of thiophene rings is 1. The van der Waals surface area contributed by atoms with Crippen LogP contribution in [0.3, 0.4) is 0 Å². The lowest BCUT2D eigenvalue weighted by Crippen LogP contribution is -2.14. The van der Waals surface area contributed by atoms with Crippen LogP contribution in [0, 0.1) is 0 Å². The smallest absolute Gasteiger partial charge is 0.161 e. The van der Waals surface area contributed by atoms with E-state index in [0.29, 0.717) is 0 Å². The molecule has 0 unspecified atom stereocenters. The first-order chi connectivity index (χ1) is 19.6. The average molecular weight is 531 g/mol. The molecule has 2 heterocycles. The van der Waals surface area contributed by atoms with E-state index in [1.54, 1.807) is 0 Å². The van der Waals surface area contributed by atoms with Crippen molar-refractivity contribution >= 4 is 31.5 Å². The third kappa shape index (κ3) is 3.41. The van der Waals surface area contributed by atoms with Crippen LogP contribution < -0.4 is 0 Å². The van der Waals surface area contributed by atoms with Crippen LogP contribution in [0.25, 0.3) is 65.2 Å². The quantitative estimate of drug-likeness (QED) is 0.227. The van der Waals surface area contributed by atoms with E-state index < -0.39 is 0 Å². The zero-order chi connectivity index (χ0) is 26.8. The maximum atomic E-state index is 5.15. The second-order valence-electron chi connectivity index (χ2n) is 11.0. The molecule has 3 heteroatoms. The Morgan fingerprint density at radius 1 is 0.525 bits per heavy atom. The molecule has 190 valence electrons. The van der Waals surface area contributed by atoms with Crippen LogP contribution in [0.15, 0.2) is 121 Å². The van der Waals surface area contributed by atoms with E-state index in [2.05, 4.69) is 123 Å². The number of benzene rings is 5. The molecule has 0 spiro atoms. The summed E-state index contributed by atoms with van der Waals surface area (Å²) in [5.41, 5.74) is 10.6. The number of hydrogen-bond acceptors (Lipinski definition) is 3. The van der Waals surface area contributed by atoms with Crippen molar-refractivity contribution < 1.29 is 0 Å². The Morgan fingerprint density at radius 2 is 1.12 bits per heavy atom. The molecule has 0 saturated carbocycles. The van der Waals surface area contributed by atoms with Gasteiger partial charge >= 0.3 is 0 Å². The number of hydrogen-bond donors (Lipinski definition) is 0. The van der Waals surface area contributed by atoms with Crippen LogP contribution in [-0.4, -0.2) is 9.97 Å². The first-order valence-corrected chi connectivity index (χ1v) is 14.5. The van der Waals surface area contributed by atoms with Crippen LogP contribution in [0.1, 0.15) is 25.0 Å². The molecule has 0 saturated heterocycles. The van der Waals surface area contributed by atoms with Crippen molar-refractivity contribution in [2.75, 3.05) is 0 Å². The first kappa shape index (κ1) is 23.3. The minimum absolute atomic E-state index is 0.0170. The molecule has 1 aliphatic rings. The van der Waals surface area contributed by atoms with Gasteiger partial charge in [-0.05, 0) is 28.8 Å². The molecule has 0 N–H and O–H groups in total. The van der Waals surface area contributed by atoms with Crippen LogP contribution in [0.5, 0.6) is 0 Å². The number of fused-ring (bicyclic) bond motifs is 7. The second-order valence-corrected chi connectivity index (χ2v) is 12.0. The molecule has 5 aromatic carbocycles. The molecule has 0 amide bonds. The summed E-state index contributed by atoms with van der Waals surface area (Å²) >= 11 is 1.88. The summed E-state index contributed by atoms with van der Waals surface area (Å²) in [5.74, 6) is 0.759. The van der Waals surface area contributed by atoms with E-state index in [9.17, 15) is 0 Å². The molecule has 0 fully saturated rings. The molecule has 40 heavy (non-hydrogen) atoms. The minimum Gasteiger partial charge on any atom is -0.228 e. The van der Waals surface area contributed by atoms with Crippen LogP contribution in [0.4, 0.5) is 0 Å². The van der Waals surface area contributed by atoms with Gasteiger partial charge in [0.1, 0.15) is 0 Å². The van der Waals surface area contributed by atoms with Gasteiger partial charge in [-0.1, -0.05) is 123 Å². The van der Waals surface area contributed by atoms with Crippen molar-refractivity contribution in [2.24, 2.45) is 0 Å². The van der Waals surface area contributed by atoms with Crippen LogP contribution >= 0.6 is 11.3 Å². The molecule has 2 nitrogen and oxygen atoms in total. The fraction of sp³-hybridized carbons (Fsp3) is 0.0811. The van der Waals surface area contributed by atoms with Gasteiger partial charge in [-0.25, -0.2) is 9.97 Å². The molecule has 8 rings (SSSR count). The highest BCUT2D eigenvalue weighted by molar-refractivity contribution is 7.26. The van der Waals surface area contributed by atoms with Crippen LogP contribution in [-0.2, 0) is 5.41 Å². The van der Waals surface area contributed by atoms with Gasteiger partial charge in [0.15, 0.2) is 5.82 Å². The van der Waals surface area contributed by atoms with Gasteiger partial charge < -0.3 is 0 Å². The Labute approximate surface area is 237 Å². The van der Waals surface area contributed by atoms with Gasteiger partial charge in [0, 0.05) is 47.8 Å². The molecule has 0 atom stereocenters. The highest BCUT2D eigenvalue weighted by Gasteiger charge is 2.36. The van der Waals surface area contributed by atoms with Crippen molar-refractivity contribution in [1.82, 2.24) is 9.97 Å². The lowest BCUT2D eigenvalue weighted by Gasteiger charge is -2.21. The zero-order valence-corrected chi connectivity index (χ0v) is 23.2. The summed E-state index contributed by atoms with van der Waals surface area (Å²) in [6.07, 6.45) is 0. The van der Waals surface area contributed by atoms with E-state index in [1.807, 2.05) is 23.5 Å². The van der Waals surface area contributed by atoms with Gasteiger partial charge in [0.25, 0.3) is 0 Å². The Kier molecular flexibility index (Phi) is 5.07. The molecule has 7 aromatic rings. The van der Waals surface area contributed by atoms with Gasteiger partial charge in [-0.2, -0.15) is 0 Å². The number of nitrogens with zero attached hydrogens (tertiary/aromatic N) is 2. The van der Waals surface area contributed by atoms with E-state index in [4.69, 9.17) is 9.97 Å². The minimum atomic E-state index is -0.0170. The van der Waals surface area contributed by atoms with E-state index in [1.165, 1.54) is 42.4 Å². The van der Waals surface area contributed by atoms with Crippen molar-refractivity contribution in [1.29, 1.82) is 0 Å². The predicted octanol–water partition coefficient (Wildman–Crippen LogP) is 10.2. The third-order valence-corrected chi connectivity index (χ3v) is 9.59. The highest BCUT2D eigenvalue weighted by atomic mass is 32.1. The van der Waals surface area contributed by atoms with Gasteiger partial charge in [-0.15, -0.1) is 11.3 Å². The predicted molar refractivity (Wildman–Crippen MR) is 169 cm³/mol. The molecular weight excluding hydrogens is 504 g/mol. The van der Waals surface area contributed by atoms with E-state index in [0.717, 1.165) is 33.9 Å². The fourth-order valence-corrected chi connectivity index (χ4v) is 7.67. The lowest BCUT2D eigenvalue weighted by molar-refractivity contribution is 0.661. The standard InChI is InChI=1S/C37H26N2S/c1-37(2)29-19-10-9-16-27(29)33-30(37)21-20-26-25-17-11-18-28(34(25)40-35(26)33)36-38-31(23-12-5-3-6-13-23)22-32(39-36)24-14-7-4-8-15-24/h3-22H,1-2H3. The summed E-state index contributed by atoms with van der Waals surface area (Å²) in [6, 6.07) is 43.0. The highest BCUT2D eigenvalue weighted by Crippen LogP contribution is 2.54. The summed E-state index contributed by atoms with van der Waals surface area (Å²) < 4.78 is 2.58. The maximum Gasteiger partial charge on any atom is 0.161 e. The van der Waals surface area contributed by atoms with Crippen molar-refractivity contribution in [3.63, 3.8) is 0 Å². The number of rotatable bonds is 3. The molecule has 1 aliphatic carbocycles. The molecular formula is C37H26N2S. The summed E-state index contributed by atoms with van der Waals surface area (Å²) in [7, 11) is 0. The Bertz CT molecular complexity index is 2010. The maximum absolute atomic E-state index is 5.15. The van der Waals surface area contributed by atoms with Gasteiger partial charge in [0.05, 0.1) is 11.4 Å². The molecule has 0 radical (unpaired) electrons. The van der Waals surface area contributed by atoms with Crippen molar-refractivity contribution in [3.05, 3.63) is 132 Å². The summed E-state index contributed by atoms with van der Waals surface area (Å²) in [5, 5.41) is 2.56. The molecule has 0 aliphatic heterocycles. The van der Waals surface area contributed by atoms with Crippen molar-refractivity contribution in [3.8, 4) is 45.0 Å². The largest absolute Gasteiger partial charge is 0.228 e. The second kappa shape index (κ2) is 8.70.